The largest absolute Gasteiger partial charge is 0.376 e. The third kappa shape index (κ3) is 4.45. The number of aromatic nitrogens is 2. The van der Waals surface area contributed by atoms with E-state index in [0.717, 1.165) is 42.9 Å². The van der Waals surface area contributed by atoms with Crippen molar-refractivity contribution in [2.24, 2.45) is 0 Å². The lowest BCUT2D eigenvalue weighted by Gasteiger charge is -2.32. The summed E-state index contributed by atoms with van der Waals surface area (Å²) >= 11 is 0. The monoisotopic (exact) mass is 327 g/mol. The van der Waals surface area contributed by atoms with E-state index in [1.165, 1.54) is 0 Å². The molecule has 0 radical (unpaired) electrons. The second-order valence-electron chi connectivity index (χ2n) is 6.44. The lowest BCUT2D eigenvalue weighted by molar-refractivity contribution is -0.133. The lowest BCUT2D eigenvalue weighted by atomic mass is 9.94. The molecule has 1 atom stereocenters. The second-order valence-corrected chi connectivity index (χ2v) is 6.44. The van der Waals surface area contributed by atoms with Crippen molar-refractivity contribution in [1.29, 1.82) is 0 Å². The summed E-state index contributed by atoms with van der Waals surface area (Å²) in [6.07, 6.45) is 2.57. The molecule has 3 rings (SSSR count). The Kier molecular flexibility index (Phi) is 5.64. The molecule has 5 heteroatoms. The number of aromatic amines is 1. The van der Waals surface area contributed by atoms with Crippen molar-refractivity contribution in [3.8, 4) is 0 Å². The number of carbonyl (C=O) groups is 1. The minimum absolute atomic E-state index is 0.181. The number of nitrogens with one attached hydrogen (secondary N) is 1. The summed E-state index contributed by atoms with van der Waals surface area (Å²) in [6, 6.07) is 12.1. The zero-order valence-electron chi connectivity index (χ0n) is 14.2. The summed E-state index contributed by atoms with van der Waals surface area (Å²) in [4.78, 5) is 14.4. The first-order chi connectivity index (χ1) is 11.7. The van der Waals surface area contributed by atoms with E-state index in [4.69, 9.17) is 4.74 Å². The molecule has 1 fully saturated rings. The first-order valence-corrected chi connectivity index (χ1v) is 8.64. The highest BCUT2D eigenvalue weighted by Crippen LogP contribution is 2.26. The van der Waals surface area contributed by atoms with Crippen LogP contribution in [-0.2, 0) is 16.1 Å². The van der Waals surface area contributed by atoms with Crippen molar-refractivity contribution in [1.82, 2.24) is 15.1 Å². The minimum atomic E-state index is 0.181. The molecular weight excluding hydrogens is 302 g/mol. The molecule has 0 unspecified atom stereocenters. The number of nitrogens with zero attached hydrogens (tertiary/aromatic N) is 2. The molecule has 0 aliphatic carbocycles. The number of benzene rings is 1. The molecule has 1 aliphatic heterocycles. The fraction of sp³-hybridized carbons (Fsp3) is 0.474. The molecule has 2 heterocycles. The molecule has 1 aromatic heterocycles. The van der Waals surface area contributed by atoms with E-state index < -0.39 is 0 Å². The van der Waals surface area contributed by atoms with Gasteiger partial charge < -0.3 is 9.64 Å². The highest BCUT2D eigenvalue weighted by molar-refractivity contribution is 5.76. The molecular formula is C19H25N3O2. The zero-order valence-corrected chi connectivity index (χ0v) is 14.2. The molecule has 0 bridgehead atoms. The standard InChI is InChI=1S/C19H25N3O2/c1-15-12-18(21-20-15)17-8-5-10-22(13-17)19(23)9-11-24-14-16-6-3-2-4-7-16/h2-4,6-7,12,17H,5,8-11,13-14H2,1H3,(H,20,21)/t17-/m1/s1. The van der Waals surface area contributed by atoms with Crippen LogP contribution in [0.15, 0.2) is 36.4 Å². The van der Waals surface area contributed by atoms with Crippen LogP contribution in [0, 0.1) is 6.92 Å². The van der Waals surface area contributed by atoms with E-state index in [2.05, 4.69) is 16.3 Å². The van der Waals surface area contributed by atoms with Crippen molar-refractivity contribution in [3.05, 3.63) is 53.3 Å². The van der Waals surface area contributed by atoms with Crippen LogP contribution in [0.2, 0.25) is 0 Å². The molecule has 24 heavy (non-hydrogen) atoms. The third-order valence-corrected chi connectivity index (χ3v) is 4.49. The van der Waals surface area contributed by atoms with Crippen LogP contribution >= 0.6 is 0 Å². The molecule has 1 N–H and O–H groups in total. The van der Waals surface area contributed by atoms with Crippen LogP contribution in [0.5, 0.6) is 0 Å². The smallest absolute Gasteiger partial charge is 0.224 e. The lowest BCUT2D eigenvalue weighted by Crippen LogP contribution is -2.39. The fourth-order valence-electron chi connectivity index (χ4n) is 3.18. The molecule has 1 amide bonds. The van der Waals surface area contributed by atoms with E-state index in [9.17, 15) is 4.79 Å². The van der Waals surface area contributed by atoms with Gasteiger partial charge in [-0.2, -0.15) is 5.10 Å². The Hall–Kier alpha value is -2.14. The van der Waals surface area contributed by atoms with E-state index >= 15 is 0 Å². The topological polar surface area (TPSA) is 58.2 Å². The average molecular weight is 327 g/mol. The van der Waals surface area contributed by atoms with Crippen LogP contribution < -0.4 is 0 Å². The minimum Gasteiger partial charge on any atom is -0.376 e. The zero-order chi connectivity index (χ0) is 16.8. The van der Waals surface area contributed by atoms with Crippen molar-refractivity contribution < 1.29 is 9.53 Å². The summed E-state index contributed by atoms with van der Waals surface area (Å²) < 4.78 is 5.63. The number of amides is 1. The Morgan fingerprint density at radius 2 is 2.21 bits per heavy atom. The Balaban J connectivity index is 1.43. The van der Waals surface area contributed by atoms with Crippen molar-refractivity contribution in [2.45, 2.75) is 38.7 Å². The van der Waals surface area contributed by atoms with E-state index in [1.807, 2.05) is 42.2 Å². The van der Waals surface area contributed by atoms with Gasteiger partial charge in [-0.05, 0) is 31.4 Å². The molecule has 1 aromatic carbocycles. The van der Waals surface area contributed by atoms with Gasteiger partial charge in [0, 0.05) is 24.7 Å². The van der Waals surface area contributed by atoms with Gasteiger partial charge in [0.25, 0.3) is 0 Å². The van der Waals surface area contributed by atoms with Crippen LogP contribution in [0.1, 0.15) is 42.1 Å². The number of H-pyrrole nitrogens is 1. The Morgan fingerprint density at radius 1 is 1.38 bits per heavy atom. The van der Waals surface area contributed by atoms with Crippen LogP contribution in [0.4, 0.5) is 0 Å². The number of piperidine rings is 1. The van der Waals surface area contributed by atoms with E-state index in [-0.39, 0.29) is 5.91 Å². The average Bonchev–Trinajstić information content (AvgIpc) is 3.06. The summed E-state index contributed by atoms with van der Waals surface area (Å²) in [5.74, 6) is 0.526. The molecule has 5 nitrogen and oxygen atoms in total. The van der Waals surface area contributed by atoms with Gasteiger partial charge in [0.1, 0.15) is 0 Å². The predicted octanol–water partition coefficient (Wildman–Crippen LogP) is 3.03. The highest BCUT2D eigenvalue weighted by Gasteiger charge is 2.25. The normalized spacial score (nSPS) is 17.9. The molecule has 1 aliphatic rings. The fourth-order valence-corrected chi connectivity index (χ4v) is 3.18. The van der Waals surface area contributed by atoms with Gasteiger partial charge in [-0.1, -0.05) is 30.3 Å². The SMILES string of the molecule is Cc1cc([C@@H]2CCCN(C(=O)CCOCc3ccccc3)C2)n[nH]1. The second kappa shape index (κ2) is 8.11. The van der Waals surface area contributed by atoms with Gasteiger partial charge >= 0.3 is 0 Å². The molecule has 0 saturated carbocycles. The Bertz CT molecular complexity index is 654. The van der Waals surface area contributed by atoms with E-state index in [0.29, 0.717) is 25.6 Å². The number of carbonyl (C=O) groups excluding carboxylic acids is 1. The van der Waals surface area contributed by atoms with Gasteiger partial charge in [0.15, 0.2) is 0 Å². The number of hydrogen-bond acceptors (Lipinski definition) is 3. The number of hydrogen-bond donors (Lipinski definition) is 1. The maximum absolute atomic E-state index is 12.4. The van der Waals surface area contributed by atoms with E-state index in [1.54, 1.807) is 0 Å². The summed E-state index contributed by atoms with van der Waals surface area (Å²) in [7, 11) is 0. The van der Waals surface area contributed by atoms with Gasteiger partial charge in [-0.25, -0.2) is 0 Å². The maximum atomic E-state index is 12.4. The van der Waals surface area contributed by atoms with Crippen LogP contribution in [0.25, 0.3) is 0 Å². The summed E-state index contributed by atoms with van der Waals surface area (Å²) in [5, 5.41) is 7.35. The highest BCUT2D eigenvalue weighted by atomic mass is 16.5. The van der Waals surface area contributed by atoms with Gasteiger partial charge in [-0.3, -0.25) is 9.89 Å². The summed E-state index contributed by atoms with van der Waals surface area (Å²) in [6.45, 7) is 4.64. The number of aryl methyl sites for hydroxylation is 1. The third-order valence-electron chi connectivity index (χ3n) is 4.49. The van der Waals surface area contributed by atoms with Gasteiger partial charge in [-0.15, -0.1) is 0 Å². The molecule has 0 spiro atoms. The maximum Gasteiger partial charge on any atom is 0.224 e. The Morgan fingerprint density at radius 3 is 2.96 bits per heavy atom. The molecule has 128 valence electrons. The molecule has 1 saturated heterocycles. The summed E-state index contributed by atoms with van der Waals surface area (Å²) in [5.41, 5.74) is 3.28. The van der Waals surface area contributed by atoms with Crippen molar-refractivity contribution in [2.75, 3.05) is 19.7 Å². The number of likely N-dealkylation sites (tertiary alicyclic amines) is 1. The first-order valence-electron chi connectivity index (χ1n) is 8.64. The van der Waals surface area contributed by atoms with Crippen molar-refractivity contribution in [3.63, 3.8) is 0 Å². The molecule has 2 aromatic rings. The van der Waals surface area contributed by atoms with Gasteiger partial charge in [0.05, 0.1) is 25.3 Å². The number of ether oxygens (including phenoxy) is 1. The van der Waals surface area contributed by atoms with Gasteiger partial charge in [0.2, 0.25) is 5.91 Å². The van der Waals surface area contributed by atoms with Crippen molar-refractivity contribution >= 4 is 5.91 Å². The quantitative estimate of drug-likeness (QED) is 0.830. The number of rotatable bonds is 6. The van der Waals surface area contributed by atoms with Crippen LogP contribution in [-0.4, -0.2) is 40.7 Å². The predicted molar refractivity (Wildman–Crippen MR) is 92.6 cm³/mol. The Labute approximate surface area is 143 Å². The van der Waals surface area contributed by atoms with Crippen LogP contribution in [0.3, 0.4) is 0 Å². The first kappa shape index (κ1) is 16.7.